The van der Waals surface area contributed by atoms with E-state index in [-0.39, 0.29) is 12.0 Å². The zero-order chi connectivity index (χ0) is 13.8. The normalized spacial score (nSPS) is 14.4. The molecule has 0 fully saturated rings. The van der Waals surface area contributed by atoms with E-state index >= 15 is 0 Å². The minimum Gasteiger partial charge on any atom is -0.481 e. The van der Waals surface area contributed by atoms with Gasteiger partial charge in [0.15, 0.2) is 0 Å². The zero-order valence-corrected chi connectivity index (χ0v) is 12.2. The van der Waals surface area contributed by atoms with Gasteiger partial charge < -0.3 is 10.8 Å². The first-order valence-corrected chi connectivity index (χ1v) is 7.56. The summed E-state index contributed by atoms with van der Waals surface area (Å²) in [4.78, 5) is 11.1. The van der Waals surface area contributed by atoms with Crippen LogP contribution < -0.4 is 5.73 Å². The Kier molecular flexibility index (Phi) is 11.2. The van der Waals surface area contributed by atoms with Crippen molar-refractivity contribution < 1.29 is 9.90 Å². The molecule has 3 N–H and O–H groups in total. The Labute approximate surface area is 112 Å². The summed E-state index contributed by atoms with van der Waals surface area (Å²) in [5, 5.41) is 9.15. The summed E-state index contributed by atoms with van der Waals surface area (Å²) in [6, 6.07) is 0.188. The molecule has 0 bridgehead atoms. The standard InChI is InChI=1S/C15H31NO2/c1-3-4-5-6-7-8-11-14(15(17)18)12-9-10-13(2)16/h13-14H,3-12,16H2,1-2H3,(H,17,18). The van der Waals surface area contributed by atoms with Crippen molar-refractivity contribution in [1.29, 1.82) is 0 Å². The minimum atomic E-state index is -0.631. The first-order chi connectivity index (χ1) is 8.57. The molecular weight excluding hydrogens is 226 g/mol. The Bertz CT molecular complexity index is 205. The second-order valence-corrected chi connectivity index (χ2v) is 5.50. The molecular formula is C15H31NO2. The molecule has 0 rings (SSSR count). The topological polar surface area (TPSA) is 63.3 Å². The van der Waals surface area contributed by atoms with E-state index in [4.69, 9.17) is 10.8 Å². The number of rotatable bonds is 12. The van der Waals surface area contributed by atoms with Crippen molar-refractivity contribution in [3.8, 4) is 0 Å². The molecule has 0 saturated carbocycles. The summed E-state index contributed by atoms with van der Waals surface area (Å²) in [5.74, 6) is -0.789. The maximum Gasteiger partial charge on any atom is 0.306 e. The van der Waals surface area contributed by atoms with Crippen LogP contribution in [0.1, 0.15) is 78.1 Å². The van der Waals surface area contributed by atoms with Gasteiger partial charge >= 0.3 is 5.97 Å². The zero-order valence-electron chi connectivity index (χ0n) is 12.2. The van der Waals surface area contributed by atoms with Crippen LogP contribution in [0.5, 0.6) is 0 Å². The molecule has 3 heteroatoms. The number of hydrogen-bond acceptors (Lipinski definition) is 2. The molecule has 2 unspecified atom stereocenters. The van der Waals surface area contributed by atoms with Gasteiger partial charge in [-0.1, -0.05) is 51.9 Å². The highest BCUT2D eigenvalue weighted by molar-refractivity contribution is 5.69. The van der Waals surface area contributed by atoms with Crippen LogP contribution >= 0.6 is 0 Å². The third-order valence-electron chi connectivity index (χ3n) is 3.47. The van der Waals surface area contributed by atoms with E-state index in [1.807, 2.05) is 6.92 Å². The van der Waals surface area contributed by atoms with Crippen LogP contribution in [0.25, 0.3) is 0 Å². The molecule has 0 aliphatic carbocycles. The Morgan fingerprint density at radius 1 is 1.00 bits per heavy atom. The average molecular weight is 257 g/mol. The number of carbonyl (C=O) groups is 1. The van der Waals surface area contributed by atoms with Crippen molar-refractivity contribution in [3.63, 3.8) is 0 Å². The van der Waals surface area contributed by atoms with E-state index in [1.165, 1.54) is 32.1 Å². The van der Waals surface area contributed by atoms with E-state index < -0.39 is 5.97 Å². The van der Waals surface area contributed by atoms with Gasteiger partial charge in [0.25, 0.3) is 0 Å². The van der Waals surface area contributed by atoms with Gasteiger partial charge in [0.1, 0.15) is 0 Å². The first-order valence-electron chi connectivity index (χ1n) is 7.56. The molecule has 0 aromatic heterocycles. The van der Waals surface area contributed by atoms with Gasteiger partial charge in [-0.15, -0.1) is 0 Å². The number of hydrogen-bond donors (Lipinski definition) is 2. The van der Waals surface area contributed by atoms with E-state index in [0.717, 1.165) is 32.1 Å². The molecule has 0 radical (unpaired) electrons. The molecule has 0 aromatic rings. The highest BCUT2D eigenvalue weighted by Gasteiger charge is 2.16. The molecule has 0 amide bonds. The van der Waals surface area contributed by atoms with Crippen LogP contribution in [0.15, 0.2) is 0 Å². The Morgan fingerprint density at radius 3 is 2.11 bits per heavy atom. The van der Waals surface area contributed by atoms with Crippen molar-refractivity contribution in [2.24, 2.45) is 11.7 Å². The van der Waals surface area contributed by atoms with Crippen LogP contribution in [0, 0.1) is 5.92 Å². The Hall–Kier alpha value is -0.570. The van der Waals surface area contributed by atoms with Crippen molar-refractivity contribution >= 4 is 5.97 Å². The molecule has 3 nitrogen and oxygen atoms in total. The summed E-state index contributed by atoms with van der Waals surface area (Å²) < 4.78 is 0. The lowest BCUT2D eigenvalue weighted by Crippen LogP contribution is -2.17. The van der Waals surface area contributed by atoms with Gasteiger partial charge in [-0.2, -0.15) is 0 Å². The number of carboxylic acid groups (broad SMARTS) is 1. The highest BCUT2D eigenvalue weighted by atomic mass is 16.4. The fourth-order valence-electron chi connectivity index (χ4n) is 2.25. The van der Waals surface area contributed by atoms with Crippen molar-refractivity contribution in [3.05, 3.63) is 0 Å². The molecule has 0 aromatic carbocycles. The second-order valence-electron chi connectivity index (χ2n) is 5.50. The van der Waals surface area contributed by atoms with Gasteiger partial charge in [0, 0.05) is 6.04 Å². The molecule has 18 heavy (non-hydrogen) atoms. The van der Waals surface area contributed by atoms with E-state index in [1.54, 1.807) is 0 Å². The van der Waals surface area contributed by atoms with E-state index in [0.29, 0.717) is 0 Å². The van der Waals surface area contributed by atoms with Crippen LogP contribution in [-0.2, 0) is 4.79 Å². The molecule has 108 valence electrons. The lowest BCUT2D eigenvalue weighted by atomic mass is 9.94. The summed E-state index contributed by atoms with van der Waals surface area (Å²) in [7, 11) is 0. The van der Waals surface area contributed by atoms with Crippen LogP contribution in [-0.4, -0.2) is 17.1 Å². The summed E-state index contributed by atoms with van der Waals surface area (Å²) >= 11 is 0. The average Bonchev–Trinajstić information content (AvgIpc) is 2.30. The van der Waals surface area contributed by atoms with Gasteiger partial charge in [-0.05, 0) is 26.2 Å². The maximum absolute atomic E-state index is 11.1. The fourth-order valence-corrected chi connectivity index (χ4v) is 2.25. The number of unbranched alkanes of at least 4 members (excludes halogenated alkanes) is 5. The van der Waals surface area contributed by atoms with E-state index in [9.17, 15) is 4.79 Å². The summed E-state index contributed by atoms with van der Waals surface area (Å²) in [5.41, 5.74) is 5.68. The van der Waals surface area contributed by atoms with Gasteiger partial charge in [0.2, 0.25) is 0 Å². The molecule has 0 aliphatic rings. The highest BCUT2D eigenvalue weighted by Crippen LogP contribution is 2.18. The third-order valence-corrected chi connectivity index (χ3v) is 3.47. The lowest BCUT2D eigenvalue weighted by molar-refractivity contribution is -0.142. The van der Waals surface area contributed by atoms with Gasteiger partial charge in [-0.3, -0.25) is 4.79 Å². The molecule has 0 aliphatic heterocycles. The Morgan fingerprint density at radius 2 is 1.56 bits per heavy atom. The summed E-state index contributed by atoms with van der Waals surface area (Å²) in [6.45, 7) is 4.18. The molecule has 0 spiro atoms. The lowest BCUT2D eigenvalue weighted by Gasteiger charge is -2.13. The first kappa shape index (κ1) is 17.4. The van der Waals surface area contributed by atoms with Gasteiger partial charge in [0.05, 0.1) is 5.92 Å². The summed E-state index contributed by atoms with van der Waals surface area (Å²) in [6.07, 6.45) is 10.8. The van der Waals surface area contributed by atoms with Crippen molar-refractivity contribution in [1.82, 2.24) is 0 Å². The predicted octanol–water partition coefficient (Wildman–Crippen LogP) is 3.96. The smallest absolute Gasteiger partial charge is 0.306 e. The monoisotopic (exact) mass is 257 g/mol. The van der Waals surface area contributed by atoms with Crippen LogP contribution in [0.2, 0.25) is 0 Å². The van der Waals surface area contributed by atoms with Crippen molar-refractivity contribution in [2.45, 2.75) is 84.1 Å². The SMILES string of the molecule is CCCCCCCCC(CCCC(C)N)C(=O)O. The van der Waals surface area contributed by atoms with Crippen molar-refractivity contribution in [2.75, 3.05) is 0 Å². The maximum atomic E-state index is 11.1. The number of nitrogens with two attached hydrogens (primary N) is 1. The molecule has 0 saturated heterocycles. The van der Waals surface area contributed by atoms with Crippen LogP contribution in [0.4, 0.5) is 0 Å². The quantitative estimate of drug-likeness (QED) is 0.520. The fraction of sp³-hybridized carbons (Fsp3) is 0.933. The van der Waals surface area contributed by atoms with E-state index in [2.05, 4.69) is 6.92 Å². The van der Waals surface area contributed by atoms with Gasteiger partial charge in [-0.25, -0.2) is 0 Å². The predicted molar refractivity (Wildman–Crippen MR) is 76.6 cm³/mol. The number of aliphatic carboxylic acids is 1. The third kappa shape index (κ3) is 10.6. The molecule has 0 heterocycles. The minimum absolute atomic E-state index is 0.157. The second kappa shape index (κ2) is 11.5. The largest absolute Gasteiger partial charge is 0.481 e. The Balaban J connectivity index is 3.61. The number of carboxylic acids is 1. The van der Waals surface area contributed by atoms with Crippen LogP contribution in [0.3, 0.4) is 0 Å². The molecule has 2 atom stereocenters.